The number of halogens is 2. The first-order valence-corrected chi connectivity index (χ1v) is 8.77. The van der Waals surface area contributed by atoms with Crippen LogP contribution < -0.4 is 10.1 Å². The lowest BCUT2D eigenvalue weighted by atomic mass is 10.1. The van der Waals surface area contributed by atoms with E-state index in [2.05, 4.69) is 21.2 Å². The van der Waals surface area contributed by atoms with Gasteiger partial charge in [-0.2, -0.15) is 0 Å². The van der Waals surface area contributed by atoms with Crippen molar-refractivity contribution < 1.29 is 13.9 Å². The quantitative estimate of drug-likeness (QED) is 0.770. The van der Waals surface area contributed by atoms with Gasteiger partial charge in [-0.15, -0.1) is 0 Å². The Hall–Kier alpha value is -2.08. The van der Waals surface area contributed by atoms with Crippen molar-refractivity contribution in [2.75, 3.05) is 14.2 Å². The summed E-state index contributed by atoms with van der Waals surface area (Å²) in [7, 11) is 3.27. The molecule has 2 aromatic rings. The Bertz CT molecular complexity index is 739. The first kappa shape index (κ1) is 19.2. The van der Waals surface area contributed by atoms with Crippen molar-refractivity contribution in [2.45, 2.75) is 25.9 Å². The summed E-state index contributed by atoms with van der Waals surface area (Å²) in [5.41, 5.74) is 1.54. The molecule has 1 unspecified atom stereocenters. The number of hydrogen-bond donors (Lipinski definition) is 1. The molecule has 4 nitrogen and oxygen atoms in total. The maximum Gasteiger partial charge on any atom is 0.317 e. The number of urea groups is 1. The fourth-order valence-electron chi connectivity index (χ4n) is 2.52. The van der Waals surface area contributed by atoms with Crippen LogP contribution in [0.3, 0.4) is 0 Å². The summed E-state index contributed by atoms with van der Waals surface area (Å²) in [6.45, 7) is 2.13. The molecule has 1 atom stereocenters. The number of carbonyl (C=O) groups excluding carboxylic acids is 1. The van der Waals surface area contributed by atoms with Crippen LogP contribution in [0.2, 0.25) is 0 Å². The summed E-state index contributed by atoms with van der Waals surface area (Å²) >= 11 is 3.32. The van der Waals surface area contributed by atoms with E-state index in [4.69, 9.17) is 4.74 Å². The molecule has 0 spiro atoms. The third-order valence-electron chi connectivity index (χ3n) is 3.81. The van der Waals surface area contributed by atoms with Gasteiger partial charge in [-0.1, -0.05) is 28.1 Å². The highest BCUT2D eigenvalue weighted by atomic mass is 79.9. The van der Waals surface area contributed by atoms with Crippen LogP contribution in [0.5, 0.6) is 5.75 Å². The predicted molar refractivity (Wildman–Crippen MR) is 100 cm³/mol. The number of rotatable bonds is 6. The van der Waals surface area contributed by atoms with Gasteiger partial charge in [-0.3, -0.25) is 0 Å². The third-order valence-corrected chi connectivity index (χ3v) is 4.30. The van der Waals surface area contributed by atoms with Crippen LogP contribution in [-0.4, -0.2) is 31.1 Å². The van der Waals surface area contributed by atoms with E-state index in [-0.39, 0.29) is 24.4 Å². The molecule has 0 heterocycles. The molecule has 0 saturated heterocycles. The molecular weight excluding hydrogens is 387 g/mol. The van der Waals surface area contributed by atoms with Crippen molar-refractivity contribution >= 4 is 22.0 Å². The SMILES string of the molecule is COc1cccc(CC(C)NC(=O)N(C)Cc2cc(Br)ccc2F)c1. The number of carbonyl (C=O) groups is 1. The molecule has 0 aliphatic heterocycles. The first-order chi connectivity index (χ1) is 11.9. The van der Waals surface area contributed by atoms with Crippen LogP contribution in [0.15, 0.2) is 46.9 Å². The Morgan fingerprint density at radius 3 is 2.80 bits per heavy atom. The molecule has 0 saturated carbocycles. The zero-order chi connectivity index (χ0) is 18.4. The molecule has 0 fully saturated rings. The minimum atomic E-state index is -0.327. The fraction of sp³-hybridized carbons (Fsp3) is 0.316. The number of methoxy groups -OCH3 is 1. The van der Waals surface area contributed by atoms with Gasteiger partial charge in [-0.05, 0) is 49.2 Å². The van der Waals surface area contributed by atoms with Crippen molar-refractivity contribution in [3.63, 3.8) is 0 Å². The van der Waals surface area contributed by atoms with E-state index in [1.807, 2.05) is 31.2 Å². The third kappa shape index (κ3) is 5.74. The van der Waals surface area contributed by atoms with Crippen molar-refractivity contribution in [1.82, 2.24) is 10.2 Å². The minimum Gasteiger partial charge on any atom is -0.497 e. The number of hydrogen-bond acceptors (Lipinski definition) is 2. The molecule has 0 aliphatic carbocycles. The predicted octanol–water partition coefficient (Wildman–Crippen LogP) is 4.37. The second kappa shape index (κ2) is 8.85. The summed E-state index contributed by atoms with van der Waals surface area (Å²) in [5.74, 6) is 0.463. The topological polar surface area (TPSA) is 41.6 Å². The fourth-order valence-corrected chi connectivity index (χ4v) is 2.93. The van der Waals surface area contributed by atoms with Gasteiger partial charge in [0.25, 0.3) is 0 Å². The van der Waals surface area contributed by atoms with Gasteiger partial charge in [-0.25, -0.2) is 9.18 Å². The van der Waals surface area contributed by atoms with Crippen LogP contribution in [0.25, 0.3) is 0 Å². The van der Waals surface area contributed by atoms with Crippen LogP contribution in [0.4, 0.5) is 9.18 Å². The molecule has 2 aromatic carbocycles. The normalized spacial score (nSPS) is 11.7. The van der Waals surface area contributed by atoms with Gasteiger partial charge in [0.2, 0.25) is 0 Å². The van der Waals surface area contributed by atoms with Crippen LogP contribution in [-0.2, 0) is 13.0 Å². The van der Waals surface area contributed by atoms with E-state index < -0.39 is 0 Å². The van der Waals surface area contributed by atoms with E-state index >= 15 is 0 Å². The van der Waals surface area contributed by atoms with E-state index in [1.54, 1.807) is 26.3 Å². The van der Waals surface area contributed by atoms with Gasteiger partial charge >= 0.3 is 6.03 Å². The molecule has 0 aromatic heterocycles. The second-order valence-electron chi connectivity index (χ2n) is 6.00. The molecule has 1 N–H and O–H groups in total. The number of benzene rings is 2. The molecule has 0 bridgehead atoms. The van der Waals surface area contributed by atoms with E-state index in [0.717, 1.165) is 15.8 Å². The van der Waals surface area contributed by atoms with Crippen LogP contribution in [0, 0.1) is 5.82 Å². The average molecular weight is 409 g/mol. The van der Waals surface area contributed by atoms with Crippen molar-refractivity contribution in [2.24, 2.45) is 0 Å². The molecule has 0 aliphatic rings. The maximum absolute atomic E-state index is 13.8. The molecule has 134 valence electrons. The van der Waals surface area contributed by atoms with Crippen LogP contribution >= 0.6 is 15.9 Å². The Morgan fingerprint density at radius 1 is 1.32 bits per heavy atom. The lowest BCUT2D eigenvalue weighted by Crippen LogP contribution is -2.42. The highest BCUT2D eigenvalue weighted by Gasteiger charge is 2.15. The number of amides is 2. The van der Waals surface area contributed by atoms with Crippen molar-refractivity contribution in [1.29, 1.82) is 0 Å². The maximum atomic E-state index is 13.8. The second-order valence-corrected chi connectivity index (χ2v) is 6.91. The Labute approximate surface area is 156 Å². The summed E-state index contributed by atoms with van der Waals surface area (Å²) in [5, 5.41) is 2.93. The monoisotopic (exact) mass is 408 g/mol. The number of nitrogens with one attached hydrogen (secondary N) is 1. The van der Waals surface area contributed by atoms with Gasteiger partial charge in [0.05, 0.1) is 7.11 Å². The Balaban J connectivity index is 1.92. The Kier molecular flexibility index (Phi) is 6.82. The highest BCUT2D eigenvalue weighted by molar-refractivity contribution is 9.10. The molecule has 2 amide bonds. The lowest BCUT2D eigenvalue weighted by Gasteiger charge is -2.22. The standard InChI is InChI=1S/C19H22BrFN2O2/c1-13(9-14-5-4-6-17(10-14)25-3)22-19(24)23(2)12-15-11-16(20)7-8-18(15)21/h4-8,10-11,13H,9,12H2,1-3H3,(H,22,24). The van der Waals surface area contributed by atoms with E-state index in [9.17, 15) is 9.18 Å². The van der Waals surface area contributed by atoms with Crippen LogP contribution in [0.1, 0.15) is 18.1 Å². The number of nitrogens with zero attached hydrogens (tertiary/aromatic N) is 1. The van der Waals surface area contributed by atoms with Crippen molar-refractivity contribution in [3.05, 3.63) is 63.9 Å². The summed E-state index contributed by atoms with van der Waals surface area (Å²) in [4.78, 5) is 13.8. The number of ether oxygens (including phenoxy) is 1. The zero-order valence-electron chi connectivity index (χ0n) is 14.6. The summed E-state index contributed by atoms with van der Waals surface area (Å²) < 4.78 is 19.8. The summed E-state index contributed by atoms with van der Waals surface area (Å²) in [6, 6.07) is 12.1. The zero-order valence-corrected chi connectivity index (χ0v) is 16.1. The largest absolute Gasteiger partial charge is 0.497 e. The first-order valence-electron chi connectivity index (χ1n) is 7.97. The molecule has 0 radical (unpaired) electrons. The van der Waals surface area contributed by atoms with E-state index in [0.29, 0.717) is 12.0 Å². The van der Waals surface area contributed by atoms with Gasteiger partial charge in [0, 0.05) is 29.7 Å². The molecule has 6 heteroatoms. The smallest absolute Gasteiger partial charge is 0.317 e. The van der Waals surface area contributed by atoms with Gasteiger partial charge in [0.1, 0.15) is 11.6 Å². The highest BCUT2D eigenvalue weighted by Crippen LogP contribution is 2.17. The molecule has 2 rings (SSSR count). The van der Waals surface area contributed by atoms with E-state index in [1.165, 1.54) is 11.0 Å². The van der Waals surface area contributed by atoms with Gasteiger partial charge in [0.15, 0.2) is 0 Å². The van der Waals surface area contributed by atoms with Gasteiger partial charge < -0.3 is 15.0 Å². The minimum absolute atomic E-state index is 0.0607. The lowest BCUT2D eigenvalue weighted by molar-refractivity contribution is 0.203. The molecular formula is C19H22BrFN2O2. The van der Waals surface area contributed by atoms with Crippen molar-refractivity contribution in [3.8, 4) is 5.75 Å². The Morgan fingerprint density at radius 2 is 2.08 bits per heavy atom. The average Bonchev–Trinajstić information content (AvgIpc) is 2.58. The summed E-state index contributed by atoms with van der Waals surface area (Å²) in [6.07, 6.45) is 0.683. The molecule has 25 heavy (non-hydrogen) atoms.